The fourth-order valence-electron chi connectivity index (χ4n) is 6.21. The summed E-state index contributed by atoms with van der Waals surface area (Å²) in [6.07, 6.45) is 20.4. The van der Waals surface area contributed by atoms with Gasteiger partial charge in [-0.2, -0.15) is 0 Å². The summed E-state index contributed by atoms with van der Waals surface area (Å²) in [5, 5.41) is 0. The molecule has 2 heteroatoms. The summed E-state index contributed by atoms with van der Waals surface area (Å²) in [6.45, 7) is 0.759. The summed E-state index contributed by atoms with van der Waals surface area (Å²) >= 11 is 0. The highest BCUT2D eigenvalue weighted by atomic mass is 14.7. The maximum absolute atomic E-state index is 6.39. The molecule has 3 aliphatic rings. The normalized spacial score (nSPS) is 38.3. The van der Waals surface area contributed by atoms with Crippen LogP contribution in [0, 0.1) is 29.6 Å². The lowest BCUT2D eigenvalue weighted by molar-refractivity contribution is 0.102. The summed E-state index contributed by atoms with van der Waals surface area (Å²) in [6, 6.07) is 0.362. The van der Waals surface area contributed by atoms with Crippen LogP contribution in [0.25, 0.3) is 0 Å². The molecule has 0 aromatic heterocycles. The van der Waals surface area contributed by atoms with E-state index in [1.165, 1.54) is 83.5 Å². The predicted octanol–water partition coefficient (Wildman–Crippen LogP) is 4.86. The summed E-state index contributed by atoms with van der Waals surface area (Å²) in [7, 11) is 0. The van der Waals surface area contributed by atoms with Crippen LogP contribution < -0.4 is 11.5 Å². The molecule has 0 saturated heterocycles. The van der Waals surface area contributed by atoms with E-state index in [4.69, 9.17) is 11.5 Å². The van der Waals surface area contributed by atoms with Crippen molar-refractivity contribution >= 4 is 0 Å². The monoisotopic (exact) mass is 320 g/mol. The third-order valence-corrected chi connectivity index (χ3v) is 7.66. The molecule has 3 aliphatic carbocycles. The Labute approximate surface area is 144 Å². The highest BCUT2D eigenvalue weighted by molar-refractivity contribution is 4.87. The average Bonchev–Trinajstić information content (AvgIpc) is 2.63. The van der Waals surface area contributed by atoms with Crippen molar-refractivity contribution in [2.24, 2.45) is 41.1 Å². The molecule has 0 radical (unpaired) electrons. The first kappa shape index (κ1) is 17.7. The Hall–Kier alpha value is -0.0800. The Kier molecular flexibility index (Phi) is 6.83. The molecule has 0 aromatic rings. The second-order valence-electron chi connectivity index (χ2n) is 9.00. The highest BCUT2D eigenvalue weighted by Crippen LogP contribution is 2.45. The molecule has 3 unspecified atom stereocenters. The fraction of sp³-hybridized carbons (Fsp3) is 1.00. The lowest BCUT2D eigenvalue weighted by Crippen LogP contribution is -2.37. The van der Waals surface area contributed by atoms with Crippen molar-refractivity contribution in [2.45, 2.75) is 95.9 Å². The van der Waals surface area contributed by atoms with Crippen LogP contribution in [0.3, 0.4) is 0 Å². The van der Waals surface area contributed by atoms with E-state index in [2.05, 4.69) is 0 Å². The predicted molar refractivity (Wildman–Crippen MR) is 99.1 cm³/mol. The Morgan fingerprint density at radius 3 is 1.87 bits per heavy atom. The molecule has 3 fully saturated rings. The molecule has 0 bridgehead atoms. The molecule has 0 amide bonds. The Bertz CT molecular complexity index is 329. The van der Waals surface area contributed by atoms with Crippen LogP contribution >= 0.6 is 0 Å². The fourth-order valence-corrected chi connectivity index (χ4v) is 6.21. The van der Waals surface area contributed by atoms with Gasteiger partial charge in [0.15, 0.2) is 0 Å². The van der Waals surface area contributed by atoms with E-state index in [0.29, 0.717) is 6.04 Å². The van der Waals surface area contributed by atoms with Crippen molar-refractivity contribution in [3.05, 3.63) is 0 Å². The first-order chi connectivity index (χ1) is 11.3. The SMILES string of the molecule is NCCC(N)C1CCCC(C2CCC(C3CCCCC3)CC2)C1. The van der Waals surface area contributed by atoms with Crippen molar-refractivity contribution in [2.75, 3.05) is 6.54 Å². The molecule has 0 aliphatic heterocycles. The van der Waals surface area contributed by atoms with Gasteiger partial charge < -0.3 is 11.5 Å². The van der Waals surface area contributed by atoms with E-state index >= 15 is 0 Å². The van der Waals surface area contributed by atoms with E-state index < -0.39 is 0 Å². The van der Waals surface area contributed by atoms with E-state index in [9.17, 15) is 0 Å². The van der Waals surface area contributed by atoms with Gasteiger partial charge in [0.1, 0.15) is 0 Å². The largest absolute Gasteiger partial charge is 0.330 e. The lowest BCUT2D eigenvalue weighted by Gasteiger charge is -2.42. The standard InChI is InChI=1S/C21H40N2/c22-14-13-21(23)20-8-4-7-19(15-20)18-11-9-17(10-12-18)16-5-2-1-3-6-16/h16-21H,1-15,22-23H2. The van der Waals surface area contributed by atoms with Gasteiger partial charge in [0.25, 0.3) is 0 Å². The Morgan fingerprint density at radius 1 is 0.652 bits per heavy atom. The Balaban J connectivity index is 1.45. The number of nitrogens with two attached hydrogens (primary N) is 2. The molecule has 3 saturated carbocycles. The minimum atomic E-state index is 0.362. The minimum absolute atomic E-state index is 0.362. The summed E-state index contributed by atoms with van der Waals surface area (Å²) in [5.74, 6) is 4.91. The number of hydrogen-bond donors (Lipinski definition) is 2. The molecule has 3 rings (SSSR count). The third-order valence-electron chi connectivity index (χ3n) is 7.66. The van der Waals surface area contributed by atoms with Gasteiger partial charge in [-0.1, -0.05) is 44.9 Å². The molecule has 0 heterocycles. The summed E-state index contributed by atoms with van der Waals surface area (Å²) < 4.78 is 0. The molecular weight excluding hydrogens is 280 g/mol. The van der Waals surface area contributed by atoms with Crippen LogP contribution in [0.1, 0.15) is 89.9 Å². The van der Waals surface area contributed by atoms with Crippen molar-refractivity contribution in [3.8, 4) is 0 Å². The van der Waals surface area contributed by atoms with Crippen molar-refractivity contribution in [1.29, 1.82) is 0 Å². The van der Waals surface area contributed by atoms with Gasteiger partial charge in [0.05, 0.1) is 0 Å². The van der Waals surface area contributed by atoms with E-state index in [1.54, 1.807) is 0 Å². The van der Waals surface area contributed by atoms with Crippen LogP contribution in [0.5, 0.6) is 0 Å². The van der Waals surface area contributed by atoms with Gasteiger partial charge in [-0.15, -0.1) is 0 Å². The van der Waals surface area contributed by atoms with Crippen molar-refractivity contribution < 1.29 is 0 Å². The molecule has 3 atom stereocenters. The third kappa shape index (κ3) is 4.72. The van der Waals surface area contributed by atoms with Crippen molar-refractivity contribution in [1.82, 2.24) is 0 Å². The van der Waals surface area contributed by atoms with E-state index in [1.807, 2.05) is 0 Å². The first-order valence-corrected chi connectivity index (χ1v) is 10.7. The zero-order chi connectivity index (χ0) is 16.1. The van der Waals surface area contributed by atoms with Crippen LogP contribution in [0.2, 0.25) is 0 Å². The zero-order valence-electron chi connectivity index (χ0n) is 15.2. The van der Waals surface area contributed by atoms with Gasteiger partial charge >= 0.3 is 0 Å². The smallest absolute Gasteiger partial charge is 0.00792 e. The second kappa shape index (κ2) is 8.85. The molecular formula is C21H40N2. The summed E-state index contributed by atoms with van der Waals surface area (Å²) in [4.78, 5) is 0. The molecule has 4 N–H and O–H groups in total. The lowest BCUT2D eigenvalue weighted by atomic mass is 9.64. The van der Waals surface area contributed by atoms with Crippen molar-refractivity contribution in [3.63, 3.8) is 0 Å². The first-order valence-electron chi connectivity index (χ1n) is 10.7. The average molecular weight is 321 g/mol. The maximum Gasteiger partial charge on any atom is 0.00792 e. The van der Waals surface area contributed by atoms with Crippen LogP contribution in [-0.4, -0.2) is 12.6 Å². The van der Waals surface area contributed by atoms with Gasteiger partial charge in [-0.25, -0.2) is 0 Å². The zero-order valence-corrected chi connectivity index (χ0v) is 15.2. The number of rotatable bonds is 5. The topological polar surface area (TPSA) is 52.0 Å². The van der Waals surface area contributed by atoms with E-state index in [-0.39, 0.29) is 0 Å². The van der Waals surface area contributed by atoms with Gasteiger partial charge in [0.2, 0.25) is 0 Å². The number of hydrogen-bond acceptors (Lipinski definition) is 2. The maximum atomic E-state index is 6.39. The van der Waals surface area contributed by atoms with E-state index in [0.717, 1.165) is 42.6 Å². The molecule has 134 valence electrons. The quantitative estimate of drug-likeness (QED) is 0.760. The van der Waals surface area contributed by atoms with Crippen LogP contribution in [0.15, 0.2) is 0 Å². The second-order valence-corrected chi connectivity index (χ2v) is 9.00. The van der Waals surface area contributed by atoms with Crippen LogP contribution in [-0.2, 0) is 0 Å². The Morgan fingerprint density at radius 2 is 1.22 bits per heavy atom. The molecule has 23 heavy (non-hydrogen) atoms. The minimum Gasteiger partial charge on any atom is -0.330 e. The highest BCUT2D eigenvalue weighted by Gasteiger charge is 2.35. The molecule has 2 nitrogen and oxygen atoms in total. The molecule has 0 aromatic carbocycles. The van der Waals surface area contributed by atoms with Gasteiger partial charge in [-0.3, -0.25) is 0 Å². The van der Waals surface area contributed by atoms with Gasteiger partial charge in [0, 0.05) is 6.04 Å². The van der Waals surface area contributed by atoms with Crippen LogP contribution in [0.4, 0.5) is 0 Å². The summed E-state index contributed by atoms with van der Waals surface area (Å²) in [5.41, 5.74) is 12.1. The van der Waals surface area contributed by atoms with Gasteiger partial charge in [-0.05, 0) is 81.1 Å². The molecule has 0 spiro atoms.